The van der Waals surface area contributed by atoms with Gasteiger partial charge in [0, 0.05) is 31.0 Å². The molecule has 1 aliphatic carbocycles. The van der Waals surface area contributed by atoms with Gasteiger partial charge in [-0.3, -0.25) is 4.79 Å². The standard InChI is InChI=1S/C38H45N5O7/c1-4-49-36(45)38-23-28(38)15-11-6-5-7-12-20-42(24-26-16-18-29(47-2)19-17-26)37(46)43-25-30(21-31(43)35(44)41-38)50-33-22-32(48-3)39-34(40-33)27-13-9-8-10-14-27/h8-11,13-19,22,28,30-31H,4-7,12,20-21,23-25H2,1-3H3,(H,41,44)/b15-11+. The highest BCUT2D eigenvalue weighted by Crippen LogP contribution is 2.46. The summed E-state index contributed by atoms with van der Waals surface area (Å²) < 4.78 is 22.6. The predicted octanol–water partition coefficient (Wildman–Crippen LogP) is 5.17. The van der Waals surface area contributed by atoms with E-state index in [9.17, 15) is 14.4 Å². The number of nitrogens with one attached hydrogen (secondary N) is 1. The van der Waals surface area contributed by atoms with Crippen molar-refractivity contribution in [1.82, 2.24) is 25.1 Å². The summed E-state index contributed by atoms with van der Waals surface area (Å²) in [5.74, 6) is 0.692. The van der Waals surface area contributed by atoms with Crippen LogP contribution in [0.25, 0.3) is 11.4 Å². The third-order valence-electron chi connectivity index (χ3n) is 9.49. The maximum Gasteiger partial charge on any atom is 0.332 e. The Labute approximate surface area is 292 Å². The molecule has 1 N–H and O–H groups in total. The third-order valence-corrected chi connectivity index (χ3v) is 9.49. The quantitative estimate of drug-likeness (QED) is 0.240. The number of esters is 1. The summed E-state index contributed by atoms with van der Waals surface area (Å²) in [5, 5.41) is 3.03. The fourth-order valence-corrected chi connectivity index (χ4v) is 6.69. The minimum Gasteiger partial charge on any atom is -0.497 e. The highest BCUT2D eigenvalue weighted by molar-refractivity contribution is 5.95. The van der Waals surface area contributed by atoms with E-state index in [1.165, 1.54) is 7.11 Å². The van der Waals surface area contributed by atoms with Crippen LogP contribution in [0.5, 0.6) is 17.5 Å². The summed E-state index contributed by atoms with van der Waals surface area (Å²) >= 11 is 0. The number of fused-ring (bicyclic) bond motifs is 2. The summed E-state index contributed by atoms with van der Waals surface area (Å²) in [4.78, 5) is 54.5. The lowest BCUT2D eigenvalue weighted by Gasteiger charge is -2.32. The van der Waals surface area contributed by atoms with E-state index in [-0.39, 0.29) is 37.4 Å². The average molecular weight is 684 g/mol. The molecule has 4 atom stereocenters. The van der Waals surface area contributed by atoms with Gasteiger partial charge in [-0.25, -0.2) is 9.59 Å². The van der Waals surface area contributed by atoms with Crippen molar-refractivity contribution in [2.45, 2.75) is 69.7 Å². The Balaban J connectivity index is 1.31. The number of carbonyl (C=O) groups is 3. The molecule has 264 valence electrons. The monoisotopic (exact) mass is 683 g/mol. The van der Waals surface area contributed by atoms with Gasteiger partial charge in [-0.2, -0.15) is 9.97 Å². The van der Waals surface area contributed by atoms with Crippen LogP contribution >= 0.6 is 0 Å². The molecule has 0 radical (unpaired) electrons. The van der Waals surface area contributed by atoms with Crippen molar-refractivity contribution >= 4 is 17.9 Å². The van der Waals surface area contributed by atoms with Crippen molar-refractivity contribution in [3.63, 3.8) is 0 Å². The van der Waals surface area contributed by atoms with Crippen LogP contribution < -0.4 is 19.5 Å². The number of aromatic nitrogens is 2. The van der Waals surface area contributed by atoms with Crippen molar-refractivity contribution in [3.05, 3.63) is 78.4 Å². The second-order valence-corrected chi connectivity index (χ2v) is 12.9. The van der Waals surface area contributed by atoms with E-state index < -0.39 is 29.6 Å². The van der Waals surface area contributed by atoms with Crippen molar-refractivity contribution < 1.29 is 33.3 Å². The molecule has 4 unspecified atom stereocenters. The maximum absolute atomic E-state index is 14.5. The summed E-state index contributed by atoms with van der Waals surface area (Å²) in [6, 6.07) is 17.5. The fourth-order valence-electron chi connectivity index (χ4n) is 6.69. The molecule has 2 aliphatic heterocycles. The summed E-state index contributed by atoms with van der Waals surface area (Å²) in [6.45, 7) is 2.96. The molecule has 2 aromatic carbocycles. The molecule has 2 fully saturated rings. The Morgan fingerprint density at radius 3 is 2.50 bits per heavy atom. The Kier molecular flexibility index (Phi) is 10.8. The largest absolute Gasteiger partial charge is 0.497 e. The van der Waals surface area contributed by atoms with Gasteiger partial charge in [0.15, 0.2) is 5.82 Å². The van der Waals surface area contributed by atoms with E-state index in [2.05, 4.69) is 21.4 Å². The lowest BCUT2D eigenvalue weighted by Crippen LogP contribution is -2.55. The Morgan fingerprint density at radius 1 is 0.980 bits per heavy atom. The summed E-state index contributed by atoms with van der Waals surface area (Å²) in [7, 11) is 3.14. The van der Waals surface area contributed by atoms with Crippen molar-refractivity contribution in [2.24, 2.45) is 5.92 Å². The Hall–Kier alpha value is -5.13. The van der Waals surface area contributed by atoms with Crippen LogP contribution in [0.3, 0.4) is 0 Å². The number of carbonyl (C=O) groups excluding carboxylic acids is 3. The van der Waals surface area contributed by atoms with Gasteiger partial charge in [0.25, 0.3) is 0 Å². The maximum atomic E-state index is 14.5. The van der Waals surface area contributed by atoms with Crippen LogP contribution in [0.15, 0.2) is 72.8 Å². The molecule has 3 aliphatic rings. The first-order valence-corrected chi connectivity index (χ1v) is 17.3. The second-order valence-electron chi connectivity index (χ2n) is 12.9. The van der Waals surface area contributed by atoms with Crippen LogP contribution in [0.2, 0.25) is 0 Å². The average Bonchev–Trinajstić information content (AvgIpc) is 3.67. The predicted molar refractivity (Wildman–Crippen MR) is 186 cm³/mol. The number of urea groups is 1. The van der Waals surface area contributed by atoms with Gasteiger partial charge in [-0.05, 0) is 50.3 Å². The molecule has 6 rings (SSSR count). The Bertz CT molecular complexity index is 1680. The highest BCUT2D eigenvalue weighted by atomic mass is 16.5. The number of ether oxygens (including phenoxy) is 4. The van der Waals surface area contributed by atoms with Gasteiger partial charge < -0.3 is 34.1 Å². The van der Waals surface area contributed by atoms with Gasteiger partial charge in [0.1, 0.15) is 23.4 Å². The number of hydrogen-bond donors (Lipinski definition) is 1. The van der Waals surface area contributed by atoms with E-state index in [4.69, 9.17) is 18.9 Å². The van der Waals surface area contributed by atoms with E-state index >= 15 is 0 Å². The number of rotatable bonds is 9. The van der Waals surface area contributed by atoms with Gasteiger partial charge in [-0.15, -0.1) is 0 Å². The van der Waals surface area contributed by atoms with Crippen LogP contribution in [-0.4, -0.2) is 89.3 Å². The summed E-state index contributed by atoms with van der Waals surface area (Å²) in [6.07, 6.45) is 7.70. The molecule has 0 bridgehead atoms. The first kappa shape index (κ1) is 34.7. The van der Waals surface area contributed by atoms with Gasteiger partial charge in [0.05, 0.1) is 33.4 Å². The molecule has 3 aromatic rings. The molecule has 50 heavy (non-hydrogen) atoms. The second kappa shape index (κ2) is 15.6. The first-order valence-electron chi connectivity index (χ1n) is 17.3. The molecular formula is C38H45N5O7. The number of hydrogen-bond acceptors (Lipinski definition) is 9. The topological polar surface area (TPSA) is 132 Å². The third kappa shape index (κ3) is 7.85. The normalized spacial score (nSPS) is 24.5. The van der Waals surface area contributed by atoms with Gasteiger partial charge in [-0.1, -0.05) is 61.0 Å². The molecule has 12 heteroatoms. The van der Waals surface area contributed by atoms with Crippen molar-refractivity contribution in [3.8, 4) is 28.9 Å². The number of benzene rings is 2. The van der Waals surface area contributed by atoms with E-state index in [1.807, 2.05) is 60.7 Å². The Morgan fingerprint density at radius 2 is 1.76 bits per heavy atom. The van der Waals surface area contributed by atoms with E-state index in [0.717, 1.165) is 42.6 Å². The van der Waals surface area contributed by atoms with Crippen LogP contribution in [0.4, 0.5) is 4.79 Å². The summed E-state index contributed by atoms with van der Waals surface area (Å²) in [5.41, 5.74) is 0.568. The minimum absolute atomic E-state index is 0.138. The number of nitrogens with zero attached hydrogens (tertiary/aromatic N) is 4. The zero-order valence-corrected chi connectivity index (χ0v) is 28.9. The zero-order chi connectivity index (χ0) is 35.1. The lowest BCUT2D eigenvalue weighted by atomic mass is 10.1. The molecular weight excluding hydrogens is 638 g/mol. The molecule has 3 amide bonds. The van der Waals surface area contributed by atoms with Crippen LogP contribution in [-0.2, 0) is 20.9 Å². The van der Waals surface area contributed by atoms with Crippen molar-refractivity contribution in [1.29, 1.82) is 0 Å². The lowest BCUT2D eigenvalue weighted by molar-refractivity contribution is -0.149. The number of amides is 3. The van der Waals surface area contributed by atoms with Crippen LogP contribution in [0.1, 0.15) is 51.0 Å². The number of allylic oxidation sites excluding steroid dienone is 1. The number of methoxy groups -OCH3 is 2. The van der Waals surface area contributed by atoms with Crippen molar-refractivity contribution in [2.75, 3.05) is 33.9 Å². The molecule has 1 saturated heterocycles. The molecule has 1 saturated carbocycles. The molecule has 3 heterocycles. The van der Waals surface area contributed by atoms with E-state index in [1.54, 1.807) is 29.9 Å². The zero-order valence-electron chi connectivity index (χ0n) is 28.9. The molecule has 0 spiro atoms. The fraction of sp³-hybridized carbons (Fsp3) is 0.447. The highest BCUT2D eigenvalue weighted by Gasteiger charge is 2.62. The molecule has 12 nitrogen and oxygen atoms in total. The smallest absolute Gasteiger partial charge is 0.332 e. The van der Waals surface area contributed by atoms with Gasteiger partial charge in [0.2, 0.25) is 17.7 Å². The van der Waals surface area contributed by atoms with Gasteiger partial charge >= 0.3 is 12.0 Å². The minimum atomic E-state index is -1.16. The first-order chi connectivity index (χ1) is 24.3. The molecule has 1 aromatic heterocycles. The van der Waals surface area contributed by atoms with E-state index in [0.29, 0.717) is 31.2 Å². The van der Waals surface area contributed by atoms with Crippen LogP contribution in [0, 0.1) is 5.92 Å². The SMILES string of the molecule is CCOC(=O)C12CC1/C=C/CCCCCN(Cc1ccc(OC)cc1)C(=O)N1CC(Oc3cc(OC)nc(-c4ccccc4)n3)CC1C(=O)N2.